The molecule has 21 heavy (non-hydrogen) atoms. The average Bonchev–Trinajstić information content (AvgIpc) is 2.48. The maximum Gasteiger partial charge on any atom is 0.159 e. The summed E-state index contributed by atoms with van der Waals surface area (Å²) in [7, 11) is 0. The van der Waals surface area contributed by atoms with Gasteiger partial charge in [-0.2, -0.15) is 0 Å². The molecule has 3 nitrogen and oxygen atoms in total. The van der Waals surface area contributed by atoms with E-state index < -0.39 is 11.6 Å². The molecule has 1 N–H and O–H groups in total. The van der Waals surface area contributed by atoms with E-state index in [1.807, 2.05) is 6.07 Å². The summed E-state index contributed by atoms with van der Waals surface area (Å²) in [6.45, 7) is 0.369. The SMILES string of the molecule is Fc1ccc(CNc2ccnc3cc(Br)cnc23)cc1F. The van der Waals surface area contributed by atoms with Crippen molar-refractivity contribution in [2.75, 3.05) is 5.32 Å². The van der Waals surface area contributed by atoms with Gasteiger partial charge in [0.15, 0.2) is 11.6 Å². The normalized spacial score (nSPS) is 10.8. The monoisotopic (exact) mass is 349 g/mol. The van der Waals surface area contributed by atoms with Gasteiger partial charge < -0.3 is 5.32 Å². The van der Waals surface area contributed by atoms with Gasteiger partial charge in [-0.3, -0.25) is 9.97 Å². The Kier molecular flexibility index (Phi) is 3.79. The molecule has 3 rings (SSSR count). The van der Waals surface area contributed by atoms with Gasteiger partial charge in [0.05, 0.1) is 11.2 Å². The Morgan fingerprint density at radius 1 is 1.05 bits per heavy atom. The lowest BCUT2D eigenvalue weighted by Gasteiger charge is -2.09. The molecule has 0 saturated heterocycles. The Hall–Kier alpha value is -2.08. The smallest absolute Gasteiger partial charge is 0.159 e. The minimum absolute atomic E-state index is 0.369. The largest absolute Gasteiger partial charge is 0.379 e. The van der Waals surface area contributed by atoms with Gasteiger partial charge in [0.25, 0.3) is 0 Å². The van der Waals surface area contributed by atoms with Crippen molar-refractivity contribution in [3.05, 3.63) is 64.4 Å². The molecule has 1 aromatic carbocycles. The van der Waals surface area contributed by atoms with Gasteiger partial charge in [-0.05, 0) is 45.8 Å². The number of rotatable bonds is 3. The maximum absolute atomic E-state index is 13.2. The highest BCUT2D eigenvalue weighted by Crippen LogP contribution is 2.22. The summed E-state index contributed by atoms with van der Waals surface area (Å²) in [5.74, 6) is -1.70. The minimum Gasteiger partial charge on any atom is -0.379 e. The fourth-order valence-electron chi connectivity index (χ4n) is 2.00. The number of nitrogens with one attached hydrogen (secondary N) is 1. The Balaban J connectivity index is 1.86. The van der Waals surface area contributed by atoms with E-state index in [0.717, 1.165) is 27.3 Å². The summed E-state index contributed by atoms with van der Waals surface area (Å²) in [6.07, 6.45) is 3.36. The van der Waals surface area contributed by atoms with E-state index in [4.69, 9.17) is 0 Å². The van der Waals surface area contributed by atoms with Crippen LogP contribution in [0.15, 0.2) is 47.2 Å². The second kappa shape index (κ2) is 5.73. The van der Waals surface area contributed by atoms with Crippen LogP contribution in [0.3, 0.4) is 0 Å². The maximum atomic E-state index is 13.2. The van der Waals surface area contributed by atoms with Gasteiger partial charge in [0.1, 0.15) is 5.52 Å². The summed E-state index contributed by atoms with van der Waals surface area (Å²) in [4.78, 5) is 8.56. The molecule has 0 aliphatic carbocycles. The van der Waals surface area contributed by atoms with Crippen molar-refractivity contribution < 1.29 is 8.78 Å². The number of benzene rings is 1. The predicted octanol–water partition coefficient (Wildman–Crippen LogP) is 4.28. The van der Waals surface area contributed by atoms with Crippen LogP contribution in [0.25, 0.3) is 11.0 Å². The quantitative estimate of drug-likeness (QED) is 0.766. The topological polar surface area (TPSA) is 37.8 Å². The van der Waals surface area contributed by atoms with E-state index in [-0.39, 0.29) is 0 Å². The van der Waals surface area contributed by atoms with Crippen molar-refractivity contribution in [1.82, 2.24) is 9.97 Å². The van der Waals surface area contributed by atoms with Crippen LogP contribution >= 0.6 is 15.9 Å². The Morgan fingerprint density at radius 2 is 1.90 bits per heavy atom. The molecule has 0 aliphatic heterocycles. The zero-order valence-corrected chi connectivity index (χ0v) is 12.4. The van der Waals surface area contributed by atoms with Gasteiger partial charge >= 0.3 is 0 Å². The molecule has 2 heterocycles. The first-order chi connectivity index (χ1) is 10.1. The van der Waals surface area contributed by atoms with Crippen LogP contribution < -0.4 is 5.32 Å². The molecule has 0 spiro atoms. The molecule has 0 aliphatic rings. The molecular formula is C15H10BrF2N3. The van der Waals surface area contributed by atoms with Gasteiger partial charge in [-0.15, -0.1) is 0 Å². The standard InChI is InChI=1S/C15H10BrF2N3/c16-10-6-14-15(21-8-10)13(3-4-19-14)20-7-9-1-2-11(17)12(18)5-9/h1-6,8H,7H2,(H,19,20). The minimum atomic E-state index is -0.851. The fraction of sp³-hybridized carbons (Fsp3) is 0.0667. The Labute approximate surface area is 128 Å². The number of fused-ring (bicyclic) bond motifs is 1. The van der Waals surface area contributed by atoms with Crippen molar-refractivity contribution >= 4 is 32.7 Å². The highest BCUT2D eigenvalue weighted by Gasteiger charge is 2.06. The molecule has 0 atom stereocenters. The van der Waals surface area contributed by atoms with Crippen LogP contribution in [0.1, 0.15) is 5.56 Å². The molecule has 106 valence electrons. The first kappa shape index (κ1) is 13.9. The number of hydrogen-bond acceptors (Lipinski definition) is 3. The highest BCUT2D eigenvalue weighted by atomic mass is 79.9. The zero-order valence-electron chi connectivity index (χ0n) is 10.8. The molecule has 6 heteroatoms. The molecule has 0 radical (unpaired) electrons. The first-order valence-corrected chi connectivity index (χ1v) is 7.01. The number of anilines is 1. The lowest BCUT2D eigenvalue weighted by atomic mass is 10.2. The number of aromatic nitrogens is 2. The highest BCUT2D eigenvalue weighted by molar-refractivity contribution is 9.10. The van der Waals surface area contributed by atoms with Crippen molar-refractivity contribution in [2.45, 2.75) is 6.54 Å². The van der Waals surface area contributed by atoms with Gasteiger partial charge in [0.2, 0.25) is 0 Å². The summed E-state index contributed by atoms with van der Waals surface area (Å²) in [5, 5.41) is 3.16. The number of pyridine rings is 2. The van der Waals surface area contributed by atoms with E-state index >= 15 is 0 Å². The zero-order chi connectivity index (χ0) is 14.8. The van der Waals surface area contributed by atoms with Crippen LogP contribution in [-0.2, 0) is 6.54 Å². The van der Waals surface area contributed by atoms with Crippen molar-refractivity contribution in [1.29, 1.82) is 0 Å². The van der Waals surface area contributed by atoms with E-state index in [9.17, 15) is 8.78 Å². The molecule has 0 unspecified atom stereocenters. The predicted molar refractivity (Wildman–Crippen MR) is 80.9 cm³/mol. The third-order valence-corrected chi connectivity index (χ3v) is 3.44. The van der Waals surface area contributed by atoms with E-state index in [1.165, 1.54) is 6.07 Å². The second-order valence-electron chi connectivity index (χ2n) is 4.48. The van der Waals surface area contributed by atoms with E-state index in [0.29, 0.717) is 12.1 Å². The third kappa shape index (κ3) is 3.00. The summed E-state index contributed by atoms with van der Waals surface area (Å²) in [5.41, 5.74) is 2.91. The van der Waals surface area contributed by atoms with E-state index in [1.54, 1.807) is 24.5 Å². The molecular weight excluding hydrogens is 340 g/mol. The number of hydrogen-bond donors (Lipinski definition) is 1. The summed E-state index contributed by atoms with van der Waals surface area (Å²) < 4.78 is 26.9. The fourth-order valence-corrected chi connectivity index (χ4v) is 2.31. The molecule has 0 fully saturated rings. The van der Waals surface area contributed by atoms with Crippen molar-refractivity contribution in [2.24, 2.45) is 0 Å². The van der Waals surface area contributed by atoms with Crippen LogP contribution in [0.5, 0.6) is 0 Å². The van der Waals surface area contributed by atoms with Gasteiger partial charge in [-0.1, -0.05) is 6.07 Å². The number of nitrogens with zero attached hydrogens (tertiary/aromatic N) is 2. The number of halogens is 3. The Bertz CT molecular complexity index is 808. The lowest BCUT2D eigenvalue weighted by Crippen LogP contribution is -2.02. The summed E-state index contributed by atoms with van der Waals surface area (Å²) in [6, 6.07) is 7.50. The molecule has 0 saturated carbocycles. The average molecular weight is 350 g/mol. The summed E-state index contributed by atoms with van der Waals surface area (Å²) >= 11 is 3.35. The molecule has 0 bridgehead atoms. The first-order valence-electron chi connectivity index (χ1n) is 6.21. The van der Waals surface area contributed by atoms with Crippen molar-refractivity contribution in [3.63, 3.8) is 0 Å². The van der Waals surface area contributed by atoms with E-state index in [2.05, 4.69) is 31.2 Å². The lowest BCUT2D eigenvalue weighted by molar-refractivity contribution is 0.507. The van der Waals surface area contributed by atoms with Crippen LogP contribution in [-0.4, -0.2) is 9.97 Å². The Morgan fingerprint density at radius 3 is 2.71 bits per heavy atom. The van der Waals surface area contributed by atoms with Crippen LogP contribution in [0, 0.1) is 11.6 Å². The molecule has 0 amide bonds. The van der Waals surface area contributed by atoms with Gasteiger partial charge in [-0.25, -0.2) is 8.78 Å². The molecule has 3 aromatic rings. The molecule has 2 aromatic heterocycles. The van der Waals surface area contributed by atoms with Crippen molar-refractivity contribution in [3.8, 4) is 0 Å². The van der Waals surface area contributed by atoms with Crippen LogP contribution in [0.2, 0.25) is 0 Å². The third-order valence-electron chi connectivity index (χ3n) is 3.01. The van der Waals surface area contributed by atoms with Crippen LogP contribution in [0.4, 0.5) is 14.5 Å². The second-order valence-corrected chi connectivity index (χ2v) is 5.40. The van der Waals surface area contributed by atoms with Gasteiger partial charge in [0, 0.05) is 23.4 Å².